The molecule has 1 heterocycles. The van der Waals surface area contributed by atoms with Gasteiger partial charge in [-0.05, 0) is 17.5 Å². The molecule has 1 aliphatic rings. The predicted molar refractivity (Wildman–Crippen MR) is 79.8 cm³/mol. The first kappa shape index (κ1) is 13.8. The number of hydrogen-bond donors (Lipinski definition) is 0. The second-order valence-corrected chi connectivity index (χ2v) is 5.13. The van der Waals surface area contributed by atoms with E-state index in [0.717, 1.165) is 17.5 Å². The van der Waals surface area contributed by atoms with Crippen molar-refractivity contribution < 1.29 is 14.3 Å². The average molecular weight is 282 g/mol. The zero-order valence-corrected chi connectivity index (χ0v) is 12.0. The van der Waals surface area contributed by atoms with Gasteiger partial charge in [0.2, 0.25) is 0 Å². The Labute approximate surface area is 124 Å². The van der Waals surface area contributed by atoms with E-state index in [1.165, 1.54) is 0 Å². The van der Waals surface area contributed by atoms with Crippen LogP contribution in [0.3, 0.4) is 0 Å². The van der Waals surface area contributed by atoms with Crippen LogP contribution < -0.4 is 0 Å². The molecule has 1 saturated heterocycles. The van der Waals surface area contributed by atoms with Crippen LogP contribution in [0.5, 0.6) is 0 Å². The van der Waals surface area contributed by atoms with Crippen LogP contribution in [-0.2, 0) is 19.9 Å². The summed E-state index contributed by atoms with van der Waals surface area (Å²) in [5.41, 5.74) is 1.26. The second-order valence-electron chi connectivity index (χ2n) is 5.13. The molecule has 0 aromatic heterocycles. The molecule has 3 nitrogen and oxygen atoms in total. The van der Waals surface area contributed by atoms with Crippen LogP contribution >= 0.6 is 0 Å². The van der Waals surface area contributed by atoms with E-state index in [0.29, 0.717) is 6.61 Å². The van der Waals surface area contributed by atoms with Gasteiger partial charge in [-0.2, -0.15) is 0 Å². The SMILES string of the molecule is CCCOC(=O)C1OC1(c1ccccc1)c1ccccc1. The maximum atomic E-state index is 12.2. The molecule has 0 bridgehead atoms. The fourth-order valence-corrected chi connectivity index (χ4v) is 2.62. The van der Waals surface area contributed by atoms with E-state index in [1.807, 2.05) is 67.6 Å². The van der Waals surface area contributed by atoms with Gasteiger partial charge in [-0.1, -0.05) is 67.6 Å². The Morgan fingerprint density at radius 2 is 1.57 bits per heavy atom. The number of carbonyl (C=O) groups excluding carboxylic acids is 1. The quantitative estimate of drug-likeness (QED) is 0.624. The van der Waals surface area contributed by atoms with Crippen LogP contribution in [-0.4, -0.2) is 18.7 Å². The summed E-state index contributed by atoms with van der Waals surface area (Å²) in [5.74, 6) is -0.287. The summed E-state index contributed by atoms with van der Waals surface area (Å²) in [6.07, 6.45) is 0.246. The average Bonchev–Trinajstić information content (AvgIpc) is 3.31. The van der Waals surface area contributed by atoms with E-state index in [-0.39, 0.29) is 5.97 Å². The highest BCUT2D eigenvalue weighted by Gasteiger charge is 2.63. The van der Waals surface area contributed by atoms with Gasteiger partial charge in [-0.3, -0.25) is 0 Å². The Hall–Kier alpha value is -2.13. The number of esters is 1. The van der Waals surface area contributed by atoms with Crippen LogP contribution in [0.4, 0.5) is 0 Å². The highest BCUT2D eigenvalue weighted by atomic mass is 16.7. The minimum Gasteiger partial charge on any atom is -0.464 e. The summed E-state index contributed by atoms with van der Waals surface area (Å²) in [6, 6.07) is 19.7. The van der Waals surface area contributed by atoms with Crippen molar-refractivity contribution in [3.05, 3.63) is 71.8 Å². The minimum absolute atomic E-state index is 0.287. The summed E-state index contributed by atoms with van der Waals surface area (Å²) in [7, 11) is 0. The summed E-state index contributed by atoms with van der Waals surface area (Å²) in [4.78, 5) is 12.2. The van der Waals surface area contributed by atoms with Crippen LogP contribution in [0, 0.1) is 0 Å². The number of rotatable bonds is 5. The third-order valence-electron chi connectivity index (χ3n) is 3.68. The lowest BCUT2D eigenvalue weighted by Crippen LogP contribution is -2.22. The number of epoxide rings is 1. The Morgan fingerprint density at radius 3 is 2.05 bits per heavy atom. The number of benzene rings is 2. The number of ether oxygens (including phenoxy) is 2. The van der Waals surface area contributed by atoms with Crippen molar-refractivity contribution in [1.82, 2.24) is 0 Å². The first-order chi connectivity index (χ1) is 10.3. The molecule has 0 amide bonds. The molecule has 0 N–H and O–H groups in total. The fraction of sp³-hybridized carbons (Fsp3) is 0.278. The third-order valence-corrected chi connectivity index (χ3v) is 3.68. The molecule has 1 aliphatic heterocycles. The molecule has 0 spiro atoms. The van der Waals surface area contributed by atoms with Gasteiger partial charge in [0.1, 0.15) is 0 Å². The molecule has 108 valence electrons. The predicted octanol–water partition coefficient (Wildman–Crippen LogP) is 3.28. The van der Waals surface area contributed by atoms with Crippen molar-refractivity contribution in [2.24, 2.45) is 0 Å². The standard InChI is InChI=1S/C18H18O3/c1-2-13-20-17(19)16-18(21-16,14-9-5-3-6-10-14)15-11-7-4-8-12-15/h3-12,16H,2,13H2,1H3. The van der Waals surface area contributed by atoms with Crippen molar-refractivity contribution in [3.8, 4) is 0 Å². The molecule has 2 aromatic carbocycles. The monoisotopic (exact) mass is 282 g/mol. The van der Waals surface area contributed by atoms with E-state index < -0.39 is 11.7 Å². The van der Waals surface area contributed by atoms with Gasteiger partial charge in [-0.15, -0.1) is 0 Å². The maximum absolute atomic E-state index is 12.2. The van der Waals surface area contributed by atoms with Crippen molar-refractivity contribution in [2.45, 2.75) is 25.0 Å². The van der Waals surface area contributed by atoms with E-state index in [4.69, 9.17) is 9.47 Å². The van der Waals surface area contributed by atoms with E-state index in [9.17, 15) is 4.79 Å². The Morgan fingerprint density at radius 1 is 1.05 bits per heavy atom. The molecule has 21 heavy (non-hydrogen) atoms. The van der Waals surface area contributed by atoms with Crippen molar-refractivity contribution >= 4 is 5.97 Å². The van der Waals surface area contributed by atoms with Gasteiger partial charge in [0, 0.05) is 0 Å². The first-order valence-electron chi connectivity index (χ1n) is 7.24. The summed E-state index contributed by atoms with van der Waals surface area (Å²) in [5, 5.41) is 0. The van der Waals surface area contributed by atoms with Gasteiger partial charge in [0.05, 0.1) is 6.61 Å². The van der Waals surface area contributed by atoms with Gasteiger partial charge < -0.3 is 9.47 Å². The van der Waals surface area contributed by atoms with Gasteiger partial charge in [-0.25, -0.2) is 4.79 Å². The van der Waals surface area contributed by atoms with E-state index in [2.05, 4.69) is 0 Å². The molecular formula is C18H18O3. The molecule has 1 unspecified atom stereocenters. The molecular weight excluding hydrogens is 264 g/mol. The van der Waals surface area contributed by atoms with Crippen LogP contribution in [0.25, 0.3) is 0 Å². The lowest BCUT2D eigenvalue weighted by molar-refractivity contribution is -0.145. The lowest BCUT2D eigenvalue weighted by Gasteiger charge is -2.14. The molecule has 0 radical (unpaired) electrons. The topological polar surface area (TPSA) is 38.8 Å². The maximum Gasteiger partial charge on any atom is 0.339 e. The highest BCUT2D eigenvalue weighted by Crippen LogP contribution is 2.52. The van der Waals surface area contributed by atoms with Gasteiger partial charge in [0.15, 0.2) is 11.7 Å². The molecule has 0 aliphatic carbocycles. The van der Waals surface area contributed by atoms with Crippen LogP contribution in [0.1, 0.15) is 24.5 Å². The zero-order valence-electron chi connectivity index (χ0n) is 12.0. The van der Waals surface area contributed by atoms with E-state index in [1.54, 1.807) is 0 Å². The summed E-state index contributed by atoms with van der Waals surface area (Å²) in [6.45, 7) is 2.40. The molecule has 1 atom stereocenters. The molecule has 3 rings (SSSR count). The van der Waals surface area contributed by atoms with Crippen molar-refractivity contribution in [3.63, 3.8) is 0 Å². The normalized spacial score (nSPS) is 19.0. The number of carbonyl (C=O) groups is 1. The first-order valence-corrected chi connectivity index (χ1v) is 7.24. The fourth-order valence-electron chi connectivity index (χ4n) is 2.62. The Kier molecular flexibility index (Phi) is 3.76. The molecule has 1 fully saturated rings. The van der Waals surface area contributed by atoms with Crippen molar-refractivity contribution in [2.75, 3.05) is 6.61 Å². The Balaban J connectivity index is 1.94. The minimum atomic E-state index is -0.701. The molecule has 0 saturated carbocycles. The lowest BCUT2D eigenvalue weighted by atomic mass is 9.88. The van der Waals surface area contributed by atoms with Crippen LogP contribution in [0.15, 0.2) is 60.7 Å². The highest BCUT2D eigenvalue weighted by molar-refractivity contribution is 5.81. The third kappa shape index (κ3) is 2.45. The second kappa shape index (κ2) is 5.70. The zero-order chi connectivity index (χ0) is 14.7. The Bertz CT molecular complexity index is 567. The van der Waals surface area contributed by atoms with Crippen LogP contribution in [0.2, 0.25) is 0 Å². The van der Waals surface area contributed by atoms with Gasteiger partial charge >= 0.3 is 5.97 Å². The van der Waals surface area contributed by atoms with E-state index >= 15 is 0 Å². The molecule has 3 heteroatoms. The largest absolute Gasteiger partial charge is 0.464 e. The summed E-state index contributed by atoms with van der Waals surface area (Å²) >= 11 is 0. The summed E-state index contributed by atoms with van der Waals surface area (Å²) < 4.78 is 11.1. The van der Waals surface area contributed by atoms with Gasteiger partial charge in [0.25, 0.3) is 0 Å². The molecule has 2 aromatic rings. The smallest absolute Gasteiger partial charge is 0.339 e. The number of hydrogen-bond acceptors (Lipinski definition) is 3. The van der Waals surface area contributed by atoms with Crippen molar-refractivity contribution in [1.29, 1.82) is 0 Å².